The van der Waals surface area contributed by atoms with Gasteiger partial charge in [0.25, 0.3) is 5.91 Å². The molecule has 7 heteroatoms. The minimum Gasteiger partial charge on any atom is -0.368 e. The van der Waals surface area contributed by atoms with E-state index in [9.17, 15) is 14.4 Å². The molecule has 3 aliphatic heterocycles. The van der Waals surface area contributed by atoms with Crippen molar-refractivity contribution < 1.29 is 14.4 Å². The van der Waals surface area contributed by atoms with Crippen molar-refractivity contribution >= 4 is 17.7 Å². The van der Waals surface area contributed by atoms with Crippen LogP contribution in [0, 0.1) is 5.41 Å². The molecule has 0 aromatic heterocycles. The number of rotatable bonds is 7. The number of hydrogen-bond acceptors (Lipinski definition) is 4. The Morgan fingerprint density at radius 3 is 1.86 bits per heavy atom. The van der Waals surface area contributed by atoms with E-state index < -0.39 is 16.9 Å². The normalized spacial score (nSPS) is 20.2. The number of nitrogens with two attached hydrogens (primary N) is 1. The third kappa shape index (κ3) is 4.61. The molecule has 2 fully saturated rings. The molecule has 0 radical (unpaired) electrons. The first-order chi connectivity index (χ1) is 20.5. The maximum atomic E-state index is 14.6. The molecule has 212 valence electrons. The van der Waals surface area contributed by atoms with E-state index in [1.54, 1.807) is 4.90 Å². The van der Waals surface area contributed by atoms with Crippen LogP contribution in [0.25, 0.3) is 0 Å². The van der Waals surface area contributed by atoms with Crippen LogP contribution in [0.4, 0.5) is 0 Å². The van der Waals surface area contributed by atoms with Gasteiger partial charge in [0.1, 0.15) is 11.2 Å². The summed E-state index contributed by atoms with van der Waals surface area (Å²) in [5, 5.41) is 0. The van der Waals surface area contributed by atoms with Gasteiger partial charge in [-0.3, -0.25) is 14.4 Å². The summed E-state index contributed by atoms with van der Waals surface area (Å²) in [6.45, 7) is 1.16. The molecular formula is C35H34N4O3. The van der Waals surface area contributed by atoms with Crippen molar-refractivity contribution in [3.05, 3.63) is 144 Å². The van der Waals surface area contributed by atoms with E-state index in [4.69, 9.17) is 5.73 Å². The van der Waals surface area contributed by atoms with Gasteiger partial charge in [0.05, 0.1) is 12.0 Å². The fourth-order valence-electron chi connectivity index (χ4n) is 6.75. The first kappa shape index (κ1) is 27.3. The van der Waals surface area contributed by atoms with E-state index in [0.29, 0.717) is 38.2 Å². The molecule has 6 rings (SSSR count). The van der Waals surface area contributed by atoms with E-state index in [0.717, 1.165) is 16.7 Å². The molecule has 0 aliphatic carbocycles. The zero-order chi connectivity index (χ0) is 29.2. The number of likely N-dealkylation sites (tertiary alicyclic amines) is 2. The highest BCUT2D eigenvalue weighted by molar-refractivity contribution is 5.96. The van der Waals surface area contributed by atoms with Crippen molar-refractivity contribution in [2.45, 2.75) is 18.4 Å². The molecule has 0 unspecified atom stereocenters. The Balaban J connectivity index is 1.44. The zero-order valence-corrected chi connectivity index (χ0v) is 23.4. The van der Waals surface area contributed by atoms with Crippen LogP contribution in [0.2, 0.25) is 0 Å². The van der Waals surface area contributed by atoms with Crippen LogP contribution in [-0.4, -0.2) is 58.6 Å². The summed E-state index contributed by atoms with van der Waals surface area (Å²) in [5.41, 5.74) is 7.38. The van der Waals surface area contributed by atoms with E-state index in [-0.39, 0.29) is 18.4 Å². The van der Waals surface area contributed by atoms with Crippen LogP contribution in [0.3, 0.4) is 0 Å². The molecule has 2 saturated heterocycles. The third-order valence-electron chi connectivity index (χ3n) is 8.72. The number of hydrogen-bond donors (Lipinski definition) is 1. The van der Waals surface area contributed by atoms with Crippen molar-refractivity contribution in [1.82, 2.24) is 14.7 Å². The fourth-order valence-corrected chi connectivity index (χ4v) is 6.75. The van der Waals surface area contributed by atoms with Crippen LogP contribution in [0.1, 0.15) is 29.5 Å². The standard InChI is InChI=1S/C35H34N4O3/c36-31(40)25-37-23-20-34(33(37)42)21-24-38(26-34)32(41)30-19-11-4-12-22-39(30)35(27-13-5-1-6-14-27,28-15-7-2-8-16-28)29-17-9-3-10-18-29/h1-19,22H,20-21,23-26H2,(H2,36,40)/t34-/m0/s1. The van der Waals surface area contributed by atoms with Crippen LogP contribution < -0.4 is 5.73 Å². The highest BCUT2D eigenvalue weighted by Gasteiger charge is 2.53. The molecule has 7 nitrogen and oxygen atoms in total. The molecule has 3 amide bonds. The Morgan fingerprint density at radius 2 is 1.31 bits per heavy atom. The zero-order valence-electron chi connectivity index (χ0n) is 23.4. The molecule has 3 aromatic rings. The van der Waals surface area contributed by atoms with Gasteiger partial charge in [-0.1, -0.05) is 103 Å². The van der Waals surface area contributed by atoms with Gasteiger partial charge in [-0.15, -0.1) is 0 Å². The maximum Gasteiger partial charge on any atom is 0.270 e. The second-order valence-corrected chi connectivity index (χ2v) is 11.2. The van der Waals surface area contributed by atoms with Crippen molar-refractivity contribution in [1.29, 1.82) is 0 Å². The highest BCUT2D eigenvalue weighted by atomic mass is 16.2. The third-order valence-corrected chi connectivity index (χ3v) is 8.72. The molecule has 2 N–H and O–H groups in total. The number of carbonyl (C=O) groups excluding carboxylic acids is 3. The molecule has 1 spiro atoms. The summed E-state index contributed by atoms with van der Waals surface area (Å²) in [5.74, 6) is -0.755. The minimum absolute atomic E-state index is 0.0865. The smallest absolute Gasteiger partial charge is 0.270 e. The van der Waals surface area contributed by atoms with Crippen LogP contribution in [0.5, 0.6) is 0 Å². The Bertz CT molecular complexity index is 1470. The average molecular weight is 559 g/mol. The molecule has 0 bridgehead atoms. The summed E-state index contributed by atoms with van der Waals surface area (Å²) in [6, 6.07) is 30.7. The summed E-state index contributed by atoms with van der Waals surface area (Å²) in [7, 11) is 0. The van der Waals surface area contributed by atoms with Gasteiger partial charge in [-0.25, -0.2) is 0 Å². The summed E-state index contributed by atoms with van der Waals surface area (Å²) >= 11 is 0. The van der Waals surface area contributed by atoms with Gasteiger partial charge >= 0.3 is 0 Å². The number of carbonyl (C=O) groups is 3. The van der Waals surface area contributed by atoms with Crippen LogP contribution in [0.15, 0.2) is 127 Å². The molecule has 42 heavy (non-hydrogen) atoms. The van der Waals surface area contributed by atoms with Gasteiger partial charge in [-0.05, 0) is 41.7 Å². The largest absolute Gasteiger partial charge is 0.368 e. The predicted octanol–water partition coefficient (Wildman–Crippen LogP) is 4.18. The molecule has 0 saturated carbocycles. The van der Waals surface area contributed by atoms with E-state index in [2.05, 4.69) is 41.3 Å². The van der Waals surface area contributed by atoms with Gasteiger partial charge in [0.2, 0.25) is 11.8 Å². The van der Waals surface area contributed by atoms with E-state index in [1.807, 2.05) is 85.1 Å². The lowest BCUT2D eigenvalue weighted by Crippen LogP contribution is -2.48. The second kappa shape index (κ2) is 11.2. The molecule has 1 atom stereocenters. The van der Waals surface area contributed by atoms with Crippen LogP contribution >= 0.6 is 0 Å². The van der Waals surface area contributed by atoms with Gasteiger partial charge in [0.15, 0.2) is 0 Å². The highest BCUT2D eigenvalue weighted by Crippen LogP contribution is 2.46. The second-order valence-electron chi connectivity index (χ2n) is 11.2. The Hall–Kier alpha value is -4.91. The van der Waals surface area contributed by atoms with Crippen molar-refractivity contribution in [3.8, 4) is 0 Å². The van der Waals surface area contributed by atoms with E-state index in [1.165, 1.54) is 4.90 Å². The first-order valence-corrected chi connectivity index (χ1v) is 14.3. The lowest BCUT2D eigenvalue weighted by Gasteiger charge is -2.46. The lowest BCUT2D eigenvalue weighted by molar-refractivity contribution is -0.138. The number of allylic oxidation sites excluding steroid dienone is 4. The Kier molecular flexibility index (Phi) is 7.25. The summed E-state index contributed by atoms with van der Waals surface area (Å²) < 4.78 is 0. The van der Waals surface area contributed by atoms with Gasteiger partial charge in [0, 0.05) is 25.8 Å². The van der Waals surface area contributed by atoms with E-state index >= 15 is 0 Å². The number of nitrogens with zero attached hydrogens (tertiary/aromatic N) is 3. The monoisotopic (exact) mass is 558 g/mol. The number of primary amides is 1. The first-order valence-electron chi connectivity index (χ1n) is 14.3. The Labute approximate surface area is 246 Å². The van der Waals surface area contributed by atoms with Gasteiger partial charge < -0.3 is 20.4 Å². The summed E-state index contributed by atoms with van der Waals surface area (Å²) in [4.78, 5) is 44.9. The van der Waals surface area contributed by atoms with Crippen molar-refractivity contribution in [2.75, 3.05) is 26.2 Å². The Morgan fingerprint density at radius 1 is 0.762 bits per heavy atom. The molecule has 3 aromatic carbocycles. The molecule has 3 heterocycles. The lowest BCUT2D eigenvalue weighted by atomic mass is 9.75. The quantitative estimate of drug-likeness (QED) is 0.441. The van der Waals surface area contributed by atoms with Gasteiger partial charge in [-0.2, -0.15) is 0 Å². The minimum atomic E-state index is -0.868. The number of amides is 3. The number of benzene rings is 3. The maximum absolute atomic E-state index is 14.6. The SMILES string of the molecule is NC(=O)CN1CC[C@@]2(CCN(C(=O)C3=CC=CC=CN3C(c3ccccc3)(c3ccccc3)c3ccccc3)C2)C1=O. The topological polar surface area (TPSA) is 87.0 Å². The predicted molar refractivity (Wildman–Crippen MR) is 161 cm³/mol. The van der Waals surface area contributed by atoms with Crippen molar-refractivity contribution in [2.24, 2.45) is 11.1 Å². The summed E-state index contributed by atoms with van der Waals surface area (Å²) in [6.07, 6.45) is 10.8. The van der Waals surface area contributed by atoms with Crippen molar-refractivity contribution in [3.63, 3.8) is 0 Å². The molecular weight excluding hydrogens is 524 g/mol. The average Bonchev–Trinajstić information content (AvgIpc) is 3.48. The fraction of sp³-hybridized carbons (Fsp3) is 0.229. The molecule has 3 aliphatic rings. The van der Waals surface area contributed by atoms with Crippen LogP contribution in [-0.2, 0) is 19.9 Å².